The lowest BCUT2D eigenvalue weighted by molar-refractivity contribution is -0.160. The first-order valence-electron chi connectivity index (χ1n) is 12.6. The number of carbonyl (C=O) groups is 2. The molecule has 0 radical (unpaired) electrons. The minimum absolute atomic E-state index is 0.156. The number of rotatable bonds is 9. The number of benzene rings is 3. The highest BCUT2D eigenvalue weighted by Gasteiger charge is 2.41. The second kappa shape index (κ2) is 12.4. The number of alkyl halides is 3. The fourth-order valence-electron chi connectivity index (χ4n) is 4.64. The van der Waals surface area contributed by atoms with Gasteiger partial charge >= 0.3 is 12.1 Å². The second-order valence-corrected chi connectivity index (χ2v) is 9.39. The summed E-state index contributed by atoms with van der Waals surface area (Å²) in [4.78, 5) is 26.5. The number of ether oxygens (including phenoxy) is 4. The number of anilines is 1. The summed E-state index contributed by atoms with van der Waals surface area (Å²) >= 11 is 0. The molecule has 0 saturated carbocycles. The van der Waals surface area contributed by atoms with Crippen molar-refractivity contribution in [2.45, 2.75) is 31.8 Å². The van der Waals surface area contributed by atoms with Crippen molar-refractivity contribution in [1.82, 2.24) is 0 Å². The van der Waals surface area contributed by atoms with Crippen LogP contribution in [0.3, 0.4) is 0 Å². The van der Waals surface area contributed by atoms with Crippen LogP contribution in [0.1, 0.15) is 34.8 Å². The highest BCUT2D eigenvalue weighted by molar-refractivity contribution is 5.99. The van der Waals surface area contributed by atoms with Gasteiger partial charge < -0.3 is 23.8 Å². The van der Waals surface area contributed by atoms with E-state index in [9.17, 15) is 22.8 Å². The molecule has 4 rings (SSSR count). The van der Waals surface area contributed by atoms with E-state index in [0.717, 1.165) is 24.3 Å². The Kier molecular flexibility index (Phi) is 8.99. The fourth-order valence-corrected chi connectivity index (χ4v) is 4.64. The number of carbonyl (C=O) groups excluding carboxylic acids is 2. The van der Waals surface area contributed by atoms with E-state index in [1.54, 1.807) is 14.2 Å². The number of Topliss-reactive ketones (excluding diaryl/α,β-unsaturated/α-hetero) is 1. The van der Waals surface area contributed by atoms with Crippen LogP contribution in [0.2, 0.25) is 0 Å². The predicted octanol–water partition coefficient (Wildman–Crippen LogP) is 5.75. The molecule has 0 bridgehead atoms. The number of ketones is 1. The molecule has 212 valence electrons. The van der Waals surface area contributed by atoms with Gasteiger partial charge in [0, 0.05) is 25.2 Å². The molecule has 0 aliphatic carbocycles. The Morgan fingerprint density at radius 2 is 1.45 bits per heavy atom. The van der Waals surface area contributed by atoms with Crippen molar-refractivity contribution in [3.05, 3.63) is 89.0 Å². The molecule has 3 aromatic rings. The van der Waals surface area contributed by atoms with Crippen LogP contribution in [0.4, 0.5) is 18.9 Å². The molecule has 10 heteroatoms. The molecule has 1 aliphatic heterocycles. The standard InChI is InChI=1S/C30H30F3NO6/c1-37-22-9-4-19(5-10-22)16-34(17-20-6-11-23(38-2)12-7-20)21-8-13-26(30(31,32)33)24(14-21)28-15-27(35)25(18-40-28)29(36)39-3/h4-14,25,28H,15-18H2,1-3H3. The molecule has 40 heavy (non-hydrogen) atoms. The first kappa shape index (κ1) is 28.9. The van der Waals surface area contributed by atoms with Gasteiger partial charge in [0.05, 0.1) is 39.6 Å². The summed E-state index contributed by atoms with van der Waals surface area (Å²) in [6.07, 6.45) is -6.20. The van der Waals surface area contributed by atoms with Gasteiger partial charge in [-0.25, -0.2) is 0 Å². The third-order valence-corrected chi connectivity index (χ3v) is 6.84. The fraction of sp³-hybridized carbons (Fsp3) is 0.333. The van der Waals surface area contributed by atoms with Crippen LogP contribution in [0, 0.1) is 5.92 Å². The highest BCUT2D eigenvalue weighted by atomic mass is 19.4. The van der Waals surface area contributed by atoms with Crippen LogP contribution in [0.15, 0.2) is 66.7 Å². The quantitative estimate of drug-likeness (QED) is 0.245. The molecule has 3 aromatic carbocycles. The van der Waals surface area contributed by atoms with E-state index in [1.165, 1.54) is 12.1 Å². The highest BCUT2D eigenvalue weighted by Crippen LogP contribution is 2.41. The number of esters is 1. The normalized spacial score (nSPS) is 17.3. The molecule has 1 aliphatic rings. The van der Waals surface area contributed by atoms with Gasteiger partial charge in [0.1, 0.15) is 17.4 Å². The minimum Gasteiger partial charge on any atom is -0.497 e. The maximum absolute atomic E-state index is 14.1. The average molecular weight is 558 g/mol. The van der Waals surface area contributed by atoms with Crippen molar-refractivity contribution in [2.24, 2.45) is 5.92 Å². The maximum atomic E-state index is 14.1. The predicted molar refractivity (Wildman–Crippen MR) is 141 cm³/mol. The first-order valence-corrected chi connectivity index (χ1v) is 12.6. The maximum Gasteiger partial charge on any atom is 0.416 e. The molecule has 2 unspecified atom stereocenters. The number of hydrogen-bond donors (Lipinski definition) is 0. The van der Waals surface area contributed by atoms with Gasteiger partial charge in [-0.15, -0.1) is 0 Å². The van der Waals surface area contributed by atoms with Crippen LogP contribution >= 0.6 is 0 Å². The molecular formula is C30H30F3NO6. The molecule has 1 fully saturated rings. The minimum atomic E-state index is -4.67. The van der Waals surface area contributed by atoms with E-state index in [2.05, 4.69) is 4.74 Å². The lowest BCUT2D eigenvalue weighted by atomic mass is 9.90. The molecular weight excluding hydrogens is 527 g/mol. The van der Waals surface area contributed by atoms with Crippen molar-refractivity contribution in [3.8, 4) is 11.5 Å². The van der Waals surface area contributed by atoms with Gasteiger partial charge in [-0.05, 0) is 59.2 Å². The van der Waals surface area contributed by atoms with E-state index in [4.69, 9.17) is 14.2 Å². The number of halogens is 3. The molecule has 0 amide bonds. The Balaban J connectivity index is 1.71. The van der Waals surface area contributed by atoms with E-state index >= 15 is 0 Å². The van der Waals surface area contributed by atoms with Crippen molar-refractivity contribution < 1.29 is 41.7 Å². The van der Waals surface area contributed by atoms with E-state index in [1.807, 2.05) is 53.4 Å². The number of methoxy groups -OCH3 is 3. The largest absolute Gasteiger partial charge is 0.497 e. The van der Waals surface area contributed by atoms with Crippen LogP contribution in [0.25, 0.3) is 0 Å². The van der Waals surface area contributed by atoms with Crippen molar-refractivity contribution in [2.75, 3.05) is 32.8 Å². The van der Waals surface area contributed by atoms with Gasteiger partial charge in [0.15, 0.2) is 5.78 Å². The topological polar surface area (TPSA) is 74.3 Å². The van der Waals surface area contributed by atoms with Gasteiger partial charge in [0.2, 0.25) is 0 Å². The van der Waals surface area contributed by atoms with Crippen LogP contribution in [-0.2, 0) is 38.3 Å². The SMILES string of the molecule is COC(=O)C1COC(c2cc(N(Cc3ccc(OC)cc3)Cc3ccc(OC)cc3)ccc2C(F)(F)F)CC1=O. The first-order chi connectivity index (χ1) is 19.1. The van der Waals surface area contributed by atoms with Crippen molar-refractivity contribution in [1.29, 1.82) is 0 Å². The Morgan fingerprint density at radius 1 is 0.900 bits per heavy atom. The lowest BCUT2D eigenvalue weighted by Crippen LogP contribution is -2.36. The van der Waals surface area contributed by atoms with Crippen molar-refractivity contribution in [3.63, 3.8) is 0 Å². The summed E-state index contributed by atoms with van der Waals surface area (Å²) in [6.45, 7) is 0.421. The molecule has 0 N–H and O–H groups in total. The molecule has 0 aromatic heterocycles. The summed E-state index contributed by atoms with van der Waals surface area (Å²) in [5.74, 6) is -1.06. The summed E-state index contributed by atoms with van der Waals surface area (Å²) in [7, 11) is 4.29. The third kappa shape index (κ3) is 6.74. The zero-order valence-electron chi connectivity index (χ0n) is 22.4. The molecule has 0 spiro atoms. The summed E-state index contributed by atoms with van der Waals surface area (Å²) < 4.78 is 63.0. The molecule has 7 nitrogen and oxygen atoms in total. The van der Waals surface area contributed by atoms with Gasteiger partial charge in [-0.3, -0.25) is 9.59 Å². The van der Waals surface area contributed by atoms with Crippen molar-refractivity contribution >= 4 is 17.4 Å². The van der Waals surface area contributed by atoms with E-state index in [0.29, 0.717) is 30.3 Å². The Bertz CT molecular complexity index is 1280. The van der Waals surface area contributed by atoms with Gasteiger partial charge in [0.25, 0.3) is 0 Å². The van der Waals surface area contributed by atoms with E-state index in [-0.39, 0.29) is 18.6 Å². The Hall–Kier alpha value is -4.05. The zero-order chi connectivity index (χ0) is 28.9. The summed E-state index contributed by atoms with van der Waals surface area (Å²) in [5.41, 5.74) is 1.30. The molecule has 2 atom stereocenters. The second-order valence-electron chi connectivity index (χ2n) is 9.39. The smallest absolute Gasteiger partial charge is 0.416 e. The Morgan fingerprint density at radius 3 is 1.90 bits per heavy atom. The summed E-state index contributed by atoms with van der Waals surface area (Å²) in [5, 5.41) is 0. The van der Waals surface area contributed by atoms with Crippen LogP contribution in [0.5, 0.6) is 11.5 Å². The zero-order valence-corrected chi connectivity index (χ0v) is 22.4. The van der Waals surface area contributed by atoms with Crippen LogP contribution in [-0.4, -0.2) is 39.7 Å². The molecule has 1 heterocycles. The Labute approximate surface area is 230 Å². The van der Waals surface area contributed by atoms with Gasteiger partial charge in [-0.2, -0.15) is 13.2 Å². The molecule has 1 saturated heterocycles. The third-order valence-electron chi connectivity index (χ3n) is 6.84. The number of nitrogens with zero attached hydrogens (tertiary/aromatic N) is 1. The van der Waals surface area contributed by atoms with Crippen LogP contribution < -0.4 is 14.4 Å². The van der Waals surface area contributed by atoms with E-state index < -0.39 is 35.5 Å². The number of hydrogen-bond acceptors (Lipinski definition) is 7. The lowest BCUT2D eigenvalue weighted by Gasteiger charge is -2.31. The average Bonchev–Trinajstić information content (AvgIpc) is 2.96. The summed E-state index contributed by atoms with van der Waals surface area (Å²) in [6, 6.07) is 18.7. The monoisotopic (exact) mass is 557 g/mol. The van der Waals surface area contributed by atoms with Gasteiger partial charge in [-0.1, -0.05) is 24.3 Å².